The van der Waals surface area contributed by atoms with E-state index in [0.717, 1.165) is 23.6 Å². The van der Waals surface area contributed by atoms with E-state index in [9.17, 15) is 9.59 Å². The maximum atomic E-state index is 12.4. The summed E-state index contributed by atoms with van der Waals surface area (Å²) in [5, 5.41) is 9.00. The fourth-order valence-corrected chi connectivity index (χ4v) is 2.79. The third-order valence-corrected chi connectivity index (χ3v) is 4.67. The molecule has 1 fully saturated rings. The van der Waals surface area contributed by atoms with Crippen LogP contribution in [0.25, 0.3) is 0 Å². The Morgan fingerprint density at radius 3 is 2.44 bits per heavy atom. The number of hydrogen-bond acceptors (Lipinski definition) is 3. The molecule has 0 unspecified atom stereocenters. The highest BCUT2D eigenvalue weighted by Crippen LogP contribution is 2.27. The standard InChI is InChI=1S/C22H27N3O2/c1-16-5-7-18(8-6-16)13-25-22(27)20-4-2-3-19(11-20)14-24-21(26)15-23-12-17-9-10-17/h2-8,11,17,23H,9-10,12-15H2,1H3,(H,24,26)(H,25,27). The van der Waals surface area contributed by atoms with Gasteiger partial charge in [0.15, 0.2) is 0 Å². The molecule has 5 heteroatoms. The molecule has 0 aliphatic heterocycles. The summed E-state index contributed by atoms with van der Waals surface area (Å²) in [6, 6.07) is 15.4. The van der Waals surface area contributed by atoms with Gasteiger partial charge in [0.1, 0.15) is 0 Å². The molecule has 0 radical (unpaired) electrons. The normalized spacial score (nSPS) is 13.2. The van der Waals surface area contributed by atoms with Crippen LogP contribution in [0.15, 0.2) is 48.5 Å². The summed E-state index contributed by atoms with van der Waals surface area (Å²) < 4.78 is 0. The summed E-state index contributed by atoms with van der Waals surface area (Å²) in [4.78, 5) is 24.2. The van der Waals surface area contributed by atoms with Crippen molar-refractivity contribution in [2.24, 2.45) is 5.92 Å². The first-order valence-corrected chi connectivity index (χ1v) is 9.50. The minimum atomic E-state index is -0.116. The average Bonchev–Trinajstić information content (AvgIpc) is 3.50. The second-order valence-electron chi connectivity index (χ2n) is 7.22. The van der Waals surface area contributed by atoms with Gasteiger partial charge in [-0.25, -0.2) is 0 Å². The van der Waals surface area contributed by atoms with Gasteiger partial charge in [-0.05, 0) is 55.5 Å². The molecule has 0 saturated heterocycles. The molecule has 27 heavy (non-hydrogen) atoms. The van der Waals surface area contributed by atoms with Crippen molar-refractivity contribution in [1.29, 1.82) is 0 Å². The van der Waals surface area contributed by atoms with Crippen molar-refractivity contribution in [1.82, 2.24) is 16.0 Å². The van der Waals surface area contributed by atoms with E-state index >= 15 is 0 Å². The molecule has 1 aliphatic rings. The van der Waals surface area contributed by atoms with Gasteiger partial charge in [-0.1, -0.05) is 42.0 Å². The number of amides is 2. The molecule has 0 bridgehead atoms. The number of benzene rings is 2. The highest BCUT2D eigenvalue weighted by molar-refractivity contribution is 5.94. The Bertz CT molecular complexity index is 782. The molecular weight excluding hydrogens is 338 g/mol. The molecule has 2 amide bonds. The van der Waals surface area contributed by atoms with Crippen molar-refractivity contribution in [2.75, 3.05) is 13.1 Å². The van der Waals surface area contributed by atoms with Crippen LogP contribution in [-0.2, 0) is 17.9 Å². The zero-order valence-corrected chi connectivity index (χ0v) is 15.8. The lowest BCUT2D eigenvalue weighted by molar-refractivity contribution is -0.120. The van der Waals surface area contributed by atoms with Crippen LogP contribution in [0, 0.1) is 12.8 Å². The largest absolute Gasteiger partial charge is 0.351 e. The lowest BCUT2D eigenvalue weighted by Gasteiger charge is -2.09. The first-order valence-electron chi connectivity index (χ1n) is 9.50. The maximum absolute atomic E-state index is 12.4. The van der Waals surface area contributed by atoms with Gasteiger partial charge in [0.2, 0.25) is 5.91 Å². The third-order valence-electron chi connectivity index (χ3n) is 4.67. The summed E-state index contributed by atoms with van der Waals surface area (Å²) in [5.74, 6) is 0.618. The summed E-state index contributed by atoms with van der Waals surface area (Å²) >= 11 is 0. The van der Waals surface area contributed by atoms with E-state index in [1.165, 1.54) is 18.4 Å². The molecular formula is C22H27N3O2. The summed E-state index contributed by atoms with van der Waals surface area (Å²) in [7, 11) is 0. The van der Waals surface area contributed by atoms with Crippen LogP contribution in [0.3, 0.4) is 0 Å². The highest BCUT2D eigenvalue weighted by atomic mass is 16.2. The van der Waals surface area contributed by atoms with Crippen LogP contribution in [0.5, 0.6) is 0 Å². The molecule has 0 atom stereocenters. The molecule has 3 N–H and O–H groups in total. The SMILES string of the molecule is Cc1ccc(CNC(=O)c2cccc(CNC(=O)CNCC3CC3)c2)cc1. The second-order valence-corrected chi connectivity index (χ2v) is 7.22. The van der Waals surface area contributed by atoms with Crippen molar-refractivity contribution in [3.8, 4) is 0 Å². The monoisotopic (exact) mass is 365 g/mol. The maximum Gasteiger partial charge on any atom is 0.251 e. The quantitative estimate of drug-likeness (QED) is 0.640. The summed E-state index contributed by atoms with van der Waals surface area (Å²) in [6.07, 6.45) is 2.54. The molecule has 1 saturated carbocycles. The number of aryl methyl sites for hydroxylation is 1. The second kappa shape index (κ2) is 9.33. The van der Waals surface area contributed by atoms with Crippen molar-refractivity contribution in [3.05, 3.63) is 70.8 Å². The van der Waals surface area contributed by atoms with Crippen LogP contribution in [-0.4, -0.2) is 24.9 Å². The van der Waals surface area contributed by atoms with Gasteiger partial charge in [-0.15, -0.1) is 0 Å². The molecule has 3 rings (SSSR count). The van der Waals surface area contributed by atoms with Gasteiger partial charge in [0.05, 0.1) is 6.54 Å². The van der Waals surface area contributed by atoms with Crippen LogP contribution in [0.2, 0.25) is 0 Å². The Morgan fingerprint density at radius 2 is 1.70 bits per heavy atom. The zero-order valence-electron chi connectivity index (χ0n) is 15.8. The number of carbonyl (C=O) groups excluding carboxylic acids is 2. The minimum absolute atomic E-state index is 0.0233. The fourth-order valence-electron chi connectivity index (χ4n) is 2.79. The van der Waals surface area contributed by atoms with Crippen molar-refractivity contribution < 1.29 is 9.59 Å². The van der Waals surface area contributed by atoms with Crippen molar-refractivity contribution in [3.63, 3.8) is 0 Å². The molecule has 2 aromatic rings. The van der Waals surface area contributed by atoms with Crippen LogP contribution in [0.1, 0.15) is 39.9 Å². The van der Waals surface area contributed by atoms with E-state index in [0.29, 0.717) is 25.2 Å². The zero-order chi connectivity index (χ0) is 19.1. The van der Waals surface area contributed by atoms with Crippen molar-refractivity contribution >= 4 is 11.8 Å². The van der Waals surface area contributed by atoms with Gasteiger partial charge in [0.25, 0.3) is 5.91 Å². The average molecular weight is 365 g/mol. The lowest BCUT2D eigenvalue weighted by Crippen LogP contribution is -2.34. The van der Waals surface area contributed by atoms with Gasteiger partial charge in [-0.2, -0.15) is 0 Å². The predicted octanol–water partition coefficient (Wildman–Crippen LogP) is 2.54. The van der Waals surface area contributed by atoms with Crippen LogP contribution >= 0.6 is 0 Å². The van der Waals surface area contributed by atoms with Crippen LogP contribution in [0.4, 0.5) is 0 Å². The molecule has 0 heterocycles. The first kappa shape index (κ1) is 19.1. The number of hydrogen-bond donors (Lipinski definition) is 3. The minimum Gasteiger partial charge on any atom is -0.351 e. The Hall–Kier alpha value is -2.66. The molecule has 0 aromatic heterocycles. The number of nitrogens with one attached hydrogen (secondary N) is 3. The Balaban J connectivity index is 1.44. The Morgan fingerprint density at radius 1 is 0.963 bits per heavy atom. The molecule has 0 spiro atoms. The number of carbonyl (C=O) groups is 2. The smallest absolute Gasteiger partial charge is 0.251 e. The Kier molecular flexibility index (Phi) is 6.60. The molecule has 5 nitrogen and oxygen atoms in total. The first-order chi connectivity index (χ1) is 13.1. The Labute approximate surface area is 160 Å². The van der Waals surface area contributed by atoms with Gasteiger partial charge >= 0.3 is 0 Å². The summed E-state index contributed by atoms with van der Waals surface area (Å²) in [6.45, 7) is 4.21. The predicted molar refractivity (Wildman–Crippen MR) is 106 cm³/mol. The third kappa shape index (κ3) is 6.53. The topological polar surface area (TPSA) is 70.2 Å². The highest BCUT2D eigenvalue weighted by Gasteiger charge is 2.20. The van der Waals surface area contributed by atoms with E-state index in [1.54, 1.807) is 6.07 Å². The molecule has 1 aliphatic carbocycles. The van der Waals surface area contributed by atoms with Crippen molar-refractivity contribution in [2.45, 2.75) is 32.9 Å². The lowest BCUT2D eigenvalue weighted by atomic mass is 10.1. The van der Waals surface area contributed by atoms with Gasteiger partial charge < -0.3 is 16.0 Å². The number of rotatable bonds is 9. The molecule has 2 aromatic carbocycles. The van der Waals surface area contributed by atoms with E-state index in [4.69, 9.17) is 0 Å². The van der Waals surface area contributed by atoms with E-state index in [2.05, 4.69) is 16.0 Å². The fraction of sp³-hybridized carbons (Fsp3) is 0.364. The van der Waals surface area contributed by atoms with E-state index < -0.39 is 0 Å². The van der Waals surface area contributed by atoms with E-state index in [-0.39, 0.29) is 11.8 Å². The van der Waals surface area contributed by atoms with Gasteiger partial charge in [-0.3, -0.25) is 9.59 Å². The molecule has 142 valence electrons. The summed E-state index contributed by atoms with van der Waals surface area (Å²) in [5.41, 5.74) is 3.77. The van der Waals surface area contributed by atoms with E-state index in [1.807, 2.05) is 49.4 Å². The van der Waals surface area contributed by atoms with Crippen LogP contribution < -0.4 is 16.0 Å². The van der Waals surface area contributed by atoms with Gasteiger partial charge in [0, 0.05) is 18.7 Å².